The number of rotatable bonds is 7. The molecule has 0 aromatic carbocycles. The van der Waals surface area contributed by atoms with Crippen LogP contribution in [0.25, 0.3) is 0 Å². The molecule has 5 heteroatoms. The summed E-state index contributed by atoms with van der Waals surface area (Å²) < 4.78 is 0. The van der Waals surface area contributed by atoms with Crippen molar-refractivity contribution in [1.82, 2.24) is 5.32 Å². The molecule has 0 spiro atoms. The predicted octanol–water partition coefficient (Wildman–Crippen LogP) is 1.16. The van der Waals surface area contributed by atoms with Crippen LogP contribution in [0.3, 0.4) is 0 Å². The zero-order valence-electron chi connectivity index (χ0n) is 12.9. The third-order valence-corrected chi connectivity index (χ3v) is 3.53. The van der Waals surface area contributed by atoms with Crippen molar-refractivity contribution in [3.63, 3.8) is 0 Å². The number of carbonyl (C=O) groups is 2. The summed E-state index contributed by atoms with van der Waals surface area (Å²) in [6, 6.07) is 0. The van der Waals surface area contributed by atoms with Gasteiger partial charge in [-0.25, -0.2) is 0 Å². The monoisotopic (exact) mass is 271 g/mol. The number of carbonyl (C=O) groups excluding carboxylic acids is 2. The van der Waals surface area contributed by atoms with E-state index in [0.29, 0.717) is 18.9 Å². The minimum absolute atomic E-state index is 0.124. The minimum atomic E-state index is -0.998. The molecule has 0 aromatic heterocycles. The molecule has 0 bridgehead atoms. The fourth-order valence-corrected chi connectivity index (χ4v) is 1.99. The molecule has 1 unspecified atom stereocenters. The summed E-state index contributed by atoms with van der Waals surface area (Å²) in [4.78, 5) is 23.0. The smallest absolute Gasteiger partial charge is 0.242 e. The van der Waals surface area contributed by atoms with Gasteiger partial charge < -0.3 is 16.8 Å². The van der Waals surface area contributed by atoms with E-state index in [-0.39, 0.29) is 11.3 Å². The molecule has 0 heterocycles. The van der Waals surface area contributed by atoms with Crippen LogP contribution in [-0.4, -0.2) is 23.9 Å². The highest BCUT2D eigenvalue weighted by Gasteiger charge is 2.28. The van der Waals surface area contributed by atoms with Gasteiger partial charge in [0, 0.05) is 6.42 Å². The number of primary amides is 1. The van der Waals surface area contributed by atoms with Crippen molar-refractivity contribution in [2.45, 2.75) is 59.4 Å². The third-order valence-electron chi connectivity index (χ3n) is 3.53. The second-order valence-electron chi connectivity index (χ2n) is 6.72. The van der Waals surface area contributed by atoms with Crippen molar-refractivity contribution in [2.24, 2.45) is 22.8 Å². The van der Waals surface area contributed by atoms with E-state index >= 15 is 0 Å². The van der Waals surface area contributed by atoms with E-state index < -0.39 is 11.4 Å². The number of nitrogens with one attached hydrogen (secondary N) is 1. The van der Waals surface area contributed by atoms with Crippen LogP contribution in [0.15, 0.2) is 0 Å². The van der Waals surface area contributed by atoms with E-state index in [1.54, 1.807) is 13.8 Å². The molecular weight excluding hydrogens is 242 g/mol. The molecule has 0 aliphatic rings. The molecule has 0 saturated heterocycles. The third kappa shape index (κ3) is 6.57. The second kappa shape index (κ2) is 6.89. The summed E-state index contributed by atoms with van der Waals surface area (Å²) >= 11 is 0. The van der Waals surface area contributed by atoms with E-state index in [1.165, 1.54) is 0 Å². The van der Waals surface area contributed by atoms with Crippen molar-refractivity contribution >= 4 is 11.8 Å². The summed E-state index contributed by atoms with van der Waals surface area (Å²) in [5.74, 6) is -0.287. The lowest BCUT2D eigenvalue weighted by atomic mass is 9.76. The van der Waals surface area contributed by atoms with Crippen LogP contribution in [0.2, 0.25) is 0 Å². The van der Waals surface area contributed by atoms with Crippen LogP contribution in [0.4, 0.5) is 0 Å². The Hall–Kier alpha value is -1.10. The molecule has 5 N–H and O–H groups in total. The maximum atomic E-state index is 11.8. The maximum absolute atomic E-state index is 11.8. The Bertz CT molecular complexity index is 319. The van der Waals surface area contributed by atoms with E-state index in [4.69, 9.17) is 11.5 Å². The molecule has 112 valence electrons. The van der Waals surface area contributed by atoms with Crippen molar-refractivity contribution in [3.8, 4) is 0 Å². The van der Waals surface area contributed by atoms with Gasteiger partial charge in [-0.2, -0.15) is 0 Å². The maximum Gasteiger partial charge on any atom is 0.242 e. The molecule has 0 radical (unpaired) electrons. The lowest BCUT2D eigenvalue weighted by Gasteiger charge is -2.31. The zero-order valence-corrected chi connectivity index (χ0v) is 12.9. The average Bonchev–Trinajstić information content (AvgIpc) is 2.21. The molecule has 19 heavy (non-hydrogen) atoms. The van der Waals surface area contributed by atoms with Gasteiger partial charge >= 0.3 is 0 Å². The van der Waals surface area contributed by atoms with Crippen molar-refractivity contribution in [2.75, 3.05) is 6.54 Å². The number of hydrogen-bond donors (Lipinski definition) is 3. The van der Waals surface area contributed by atoms with Gasteiger partial charge in [0.05, 0.1) is 0 Å². The topological polar surface area (TPSA) is 98.2 Å². The SMILES string of the molecule is CC(C)(NC(=O)CCC(CCN)C(C)(C)C)C(N)=O. The highest BCUT2D eigenvalue weighted by molar-refractivity contribution is 5.89. The molecule has 0 rings (SSSR count). The predicted molar refractivity (Wildman–Crippen MR) is 77.3 cm³/mol. The zero-order chi connectivity index (χ0) is 15.3. The first kappa shape index (κ1) is 17.9. The Labute approximate surface area is 116 Å². The molecular formula is C14H29N3O2. The first-order chi connectivity index (χ1) is 8.50. The summed E-state index contributed by atoms with van der Waals surface area (Å²) in [7, 11) is 0. The van der Waals surface area contributed by atoms with Crippen LogP contribution in [0.1, 0.15) is 53.9 Å². The van der Waals surface area contributed by atoms with Crippen LogP contribution in [0.5, 0.6) is 0 Å². The standard InChI is InChI=1S/C14H29N3O2/c1-13(2,3)10(8-9-15)6-7-11(18)17-14(4,5)12(16)19/h10H,6-9,15H2,1-5H3,(H2,16,19)(H,17,18). The lowest BCUT2D eigenvalue weighted by molar-refractivity contribution is -0.130. The lowest BCUT2D eigenvalue weighted by Crippen LogP contribution is -2.53. The van der Waals surface area contributed by atoms with E-state index in [0.717, 1.165) is 12.8 Å². The normalized spacial score (nSPS) is 14.0. The Morgan fingerprint density at radius 3 is 2.00 bits per heavy atom. The van der Waals surface area contributed by atoms with Gasteiger partial charge in [0.1, 0.15) is 5.54 Å². The fourth-order valence-electron chi connectivity index (χ4n) is 1.99. The fraction of sp³-hybridized carbons (Fsp3) is 0.857. The molecule has 0 saturated carbocycles. The summed E-state index contributed by atoms with van der Waals surface area (Å²) in [5.41, 5.74) is 9.96. The first-order valence-corrected chi connectivity index (χ1v) is 6.81. The Morgan fingerprint density at radius 2 is 1.63 bits per heavy atom. The average molecular weight is 271 g/mol. The van der Waals surface area contributed by atoms with Crippen LogP contribution >= 0.6 is 0 Å². The number of hydrogen-bond acceptors (Lipinski definition) is 3. The Balaban J connectivity index is 4.38. The van der Waals surface area contributed by atoms with Gasteiger partial charge in [0.25, 0.3) is 0 Å². The largest absolute Gasteiger partial charge is 0.368 e. The Morgan fingerprint density at radius 1 is 1.11 bits per heavy atom. The van der Waals surface area contributed by atoms with Gasteiger partial charge in [-0.05, 0) is 44.6 Å². The van der Waals surface area contributed by atoms with Crippen molar-refractivity contribution in [1.29, 1.82) is 0 Å². The summed E-state index contributed by atoms with van der Waals surface area (Å²) in [6.45, 7) is 10.3. The van der Waals surface area contributed by atoms with Crippen LogP contribution in [-0.2, 0) is 9.59 Å². The van der Waals surface area contributed by atoms with Gasteiger partial charge in [-0.1, -0.05) is 20.8 Å². The number of nitrogens with two attached hydrogens (primary N) is 2. The molecule has 0 aliphatic carbocycles. The number of amides is 2. The van der Waals surface area contributed by atoms with Crippen LogP contribution < -0.4 is 16.8 Å². The molecule has 0 aliphatic heterocycles. The van der Waals surface area contributed by atoms with E-state index in [2.05, 4.69) is 26.1 Å². The van der Waals surface area contributed by atoms with Crippen molar-refractivity contribution < 1.29 is 9.59 Å². The summed E-state index contributed by atoms with van der Waals surface area (Å²) in [6.07, 6.45) is 2.05. The second-order valence-corrected chi connectivity index (χ2v) is 6.72. The highest BCUT2D eigenvalue weighted by Crippen LogP contribution is 2.32. The van der Waals surface area contributed by atoms with E-state index in [1.807, 2.05) is 0 Å². The first-order valence-electron chi connectivity index (χ1n) is 6.81. The van der Waals surface area contributed by atoms with Gasteiger partial charge in [-0.15, -0.1) is 0 Å². The molecule has 5 nitrogen and oxygen atoms in total. The van der Waals surface area contributed by atoms with Crippen molar-refractivity contribution in [3.05, 3.63) is 0 Å². The molecule has 0 fully saturated rings. The Kier molecular flexibility index (Phi) is 6.49. The molecule has 1 atom stereocenters. The molecule has 2 amide bonds. The van der Waals surface area contributed by atoms with Gasteiger partial charge in [-0.3, -0.25) is 9.59 Å². The molecule has 0 aromatic rings. The highest BCUT2D eigenvalue weighted by atomic mass is 16.2. The minimum Gasteiger partial charge on any atom is -0.368 e. The summed E-state index contributed by atoms with van der Waals surface area (Å²) in [5, 5.41) is 2.66. The quantitative estimate of drug-likeness (QED) is 0.648. The van der Waals surface area contributed by atoms with Crippen LogP contribution in [0, 0.1) is 11.3 Å². The van der Waals surface area contributed by atoms with E-state index in [9.17, 15) is 9.59 Å². The van der Waals surface area contributed by atoms with Gasteiger partial charge in [0.2, 0.25) is 11.8 Å². The van der Waals surface area contributed by atoms with Gasteiger partial charge in [0.15, 0.2) is 0 Å².